The monoisotopic (exact) mass is 602 g/mol. The summed E-state index contributed by atoms with van der Waals surface area (Å²) in [5, 5.41) is 3.53. The highest BCUT2D eigenvalue weighted by atomic mass is 35.5. The van der Waals surface area contributed by atoms with Crippen molar-refractivity contribution in [3.63, 3.8) is 0 Å². The predicted octanol–water partition coefficient (Wildman–Crippen LogP) is 5.95. The van der Waals surface area contributed by atoms with Crippen LogP contribution in [0.15, 0.2) is 72.8 Å². The lowest BCUT2D eigenvalue weighted by atomic mass is 9.84. The zero-order valence-corrected chi connectivity index (χ0v) is 25.6. The van der Waals surface area contributed by atoms with Crippen LogP contribution in [0, 0.1) is 12.8 Å². The van der Waals surface area contributed by atoms with Crippen LogP contribution in [0.3, 0.4) is 0 Å². The molecule has 0 aromatic heterocycles. The first-order valence-corrected chi connectivity index (χ1v) is 15.3. The highest BCUT2D eigenvalue weighted by molar-refractivity contribution is 6.30. The second-order valence-corrected chi connectivity index (χ2v) is 11.9. The number of nitrogens with one attached hydrogen (secondary N) is 1. The fourth-order valence-corrected chi connectivity index (χ4v) is 6.25. The molecule has 4 amide bonds. The number of carbonyl (C=O) groups is 3. The number of amides is 4. The van der Waals surface area contributed by atoms with Crippen molar-refractivity contribution in [2.45, 2.75) is 38.6 Å². The van der Waals surface area contributed by atoms with E-state index in [1.54, 1.807) is 12.1 Å². The summed E-state index contributed by atoms with van der Waals surface area (Å²) < 4.78 is 5.64. The SMILES string of the molecule is Cc1ccc(NC(=O)COc2ccc(CCN3C(=O)CCN(CC4CCCN(C)C4c4cccc(Cl)c4)C3=O)cc2)cc1. The van der Waals surface area contributed by atoms with Crippen LogP contribution >= 0.6 is 11.6 Å². The second-order valence-electron chi connectivity index (χ2n) is 11.5. The Kier molecular flexibility index (Phi) is 10.00. The highest BCUT2D eigenvalue weighted by Crippen LogP contribution is 2.37. The van der Waals surface area contributed by atoms with Gasteiger partial charge in [-0.15, -0.1) is 0 Å². The van der Waals surface area contributed by atoms with Gasteiger partial charge in [-0.05, 0) is 93.2 Å². The lowest BCUT2D eigenvalue weighted by molar-refractivity contribution is -0.131. The van der Waals surface area contributed by atoms with Gasteiger partial charge in [0.05, 0.1) is 0 Å². The van der Waals surface area contributed by atoms with E-state index in [1.807, 2.05) is 66.4 Å². The highest BCUT2D eigenvalue weighted by Gasteiger charge is 2.37. The topological polar surface area (TPSA) is 82.2 Å². The fraction of sp³-hybridized carbons (Fsp3) is 0.382. The third kappa shape index (κ3) is 7.94. The van der Waals surface area contributed by atoms with Gasteiger partial charge in [-0.3, -0.25) is 19.4 Å². The number of halogens is 1. The molecule has 2 aliphatic rings. The molecule has 3 aromatic carbocycles. The number of rotatable bonds is 10. The number of anilines is 1. The molecule has 2 atom stereocenters. The number of carbonyl (C=O) groups excluding carboxylic acids is 3. The molecule has 2 fully saturated rings. The lowest BCUT2D eigenvalue weighted by Gasteiger charge is -2.43. The van der Waals surface area contributed by atoms with Gasteiger partial charge in [0, 0.05) is 42.8 Å². The molecule has 226 valence electrons. The summed E-state index contributed by atoms with van der Waals surface area (Å²) >= 11 is 6.31. The number of likely N-dealkylation sites (tertiary alicyclic amines) is 1. The van der Waals surface area contributed by atoms with Gasteiger partial charge in [-0.25, -0.2) is 4.79 Å². The number of piperidine rings is 1. The number of hydrogen-bond donors (Lipinski definition) is 1. The maximum atomic E-state index is 13.5. The van der Waals surface area contributed by atoms with E-state index < -0.39 is 0 Å². The molecule has 9 heteroatoms. The standard InChI is InChI=1S/C34H39ClN4O4/c1-24-8-12-29(13-9-24)36-31(40)23-43-30-14-10-25(11-15-30)16-20-39-32(41)17-19-38(34(39)42)22-27-6-4-18-37(2)33(27)26-5-3-7-28(35)21-26/h3,5,7-15,21,27,33H,4,6,16-20,22-23H2,1-2H3,(H,36,40). The van der Waals surface area contributed by atoms with Gasteiger partial charge in [0.1, 0.15) is 5.75 Å². The lowest BCUT2D eigenvalue weighted by Crippen LogP contribution is -2.55. The molecule has 2 aliphatic heterocycles. The first-order chi connectivity index (χ1) is 20.8. The van der Waals surface area contributed by atoms with Gasteiger partial charge in [-0.2, -0.15) is 0 Å². The molecule has 0 saturated carbocycles. The summed E-state index contributed by atoms with van der Waals surface area (Å²) in [7, 11) is 2.13. The summed E-state index contributed by atoms with van der Waals surface area (Å²) in [5.41, 5.74) is 3.98. The van der Waals surface area contributed by atoms with Gasteiger partial charge in [0.25, 0.3) is 5.91 Å². The molecule has 2 saturated heterocycles. The quantitative estimate of drug-likeness (QED) is 0.310. The van der Waals surface area contributed by atoms with E-state index in [2.05, 4.69) is 23.3 Å². The van der Waals surface area contributed by atoms with Crippen LogP contribution in [0.2, 0.25) is 5.02 Å². The number of urea groups is 1. The van der Waals surface area contributed by atoms with E-state index in [-0.39, 0.29) is 36.4 Å². The Morgan fingerprint density at radius 1 is 1.02 bits per heavy atom. The Morgan fingerprint density at radius 2 is 1.79 bits per heavy atom. The van der Waals surface area contributed by atoms with Crippen LogP contribution in [0.5, 0.6) is 5.75 Å². The first-order valence-electron chi connectivity index (χ1n) is 14.9. The maximum absolute atomic E-state index is 13.5. The number of benzene rings is 3. The van der Waals surface area contributed by atoms with Crippen molar-refractivity contribution in [2.75, 3.05) is 45.2 Å². The van der Waals surface area contributed by atoms with E-state index >= 15 is 0 Å². The summed E-state index contributed by atoms with van der Waals surface area (Å²) in [6.45, 7) is 4.25. The van der Waals surface area contributed by atoms with Crippen molar-refractivity contribution < 1.29 is 19.1 Å². The van der Waals surface area contributed by atoms with Crippen molar-refractivity contribution in [1.82, 2.24) is 14.7 Å². The van der Waals surface area contributed by atoms with E-state index in [4.69, 9.17) is 16.3 Å². The minimum absolute atomic E-state index is 0.102. The minimum Gasteiger partial charge on any atom is -0.484 e. The zero-order chi connectivity index (χ0) is 30.3. The average Bonchev–Trinajstić information content (AvgIpc) is 2.99. The Morgan fingerprint density at radius 3 is 2.53 bits per heavy atom. The number of hydrogen-bond acceptors (Lipinski definition) is 5. The van der Waals surface area contributed by atoms with Gasteiger partial charge in [0.2, 0.25) is 5.91 Å². The van der Waals surface area contributed by atoms with E-state index in [1.165, 1.54) is 4.90 Å². The Hall–Kier alpha value is -3.88. The molecular weight excluding hydrogens is 564 g/mol. The van der Waals surface area contributed by atoms with E-state index in [0.29, 0.717) is 43.2 Å². The molecule has 0 radical (unpaired) electrons. The number of nitrogens with zero attached hydrogens (tertiary/aromatic N) is 3. The third-order valence-corrected chi connectivity index (χ3v) is 8.54. The smallest absolute Gasteiger partial charge is 0.326 e. The van der Waals surface area contributed by atoms with Crippen molar-refractivity contribution >= 4 is 35.1 Å². The molecule has 0 aliphatic carbocycles. The van der Waals surface area contributed by atoms with Gasteiger partial charge in [0.15, 0.2) is 6.61 Å². The maximum Gasteiger partial charge on any atom is 0.326 e. The van der Waals surface area contributed by atoms with E-state index in [9.17, 15) is 14.4 Å². The normalized spacial score (nSPS) is 19.4. The molecule has 0 spiro atoms. The average molecular weight is 603 g/mol. The molecule has 2 heterocycles. The number of aryl methyl sites for hydroxylation is 1. The van der Waals surface area contributed by atoms with Crippen LogP contribution in [0.25, 0.3) is 0 Å². The Labute approximate surface area is 258 Å². The molecule has 43 heavy (non-hydrogen) atoms. The van der Waals surface area contributed by atoms with Crippen LogP contribution in [-0.4, -0.2) is 72.4 Å². The summed E-state index contributed by atoms with van der Waals surface area (Å²) in [4.78, 5) is 44.1. The summed E-state index contributed by atoms with van der Waals surface area (Å²) in [6.07, 6.45) is 2.95. The second kappa shape index (κ2) is 14.1. The summed E-state index contributed by atoms with van der Waals surface area (Å²) in [6, 6.07) is 22.9. The van der Waals surface area contributed by atoms with Crippen LogP contribution in [-0.2, 0) is 16.0 Å². The van der Waals surface area contributed by atoms with Gasteiger partial charge >= 0.3 is 6.03 Å². The zero-order valence-electron chi connectivity index (χ0n) is 24.8. The molecule has 5 rings (SSSR count). The third-order valence-electron chi connectivity index (χ3n) is 8.30. The van der Waals surface area contributed by atoms with Crippen molar-refractivity contribution in [3.8, 4) is 5.75 Å². The van der Waals surface area contributed by atoms with Crippen molar-refractivity contribution in [2.24, 2.45) is 5.92 Å². The van der Waals surface area contributed by atoms with Crippen molar-refractivity contribution in [1.29, 1.82) is 0 Å². The van der Waals surface area contributed by atoms with Gasteiger partial charge < -0.3 is 15.0 Å². The van der Waals surface area contributed by atoms with E-state index in [0.717, 1.165) is 41.8 Å². The van der Waals surface area contributed by atoms with Crippen LogP contribution in [0.1, 0.15) is 42.0 Å². The molecule has 0 bridgehead atoms. The Balaban J connectivity index is 1.14. The van der Waals surface area contributed by atoms with Crippen molar-refractivity contribution in [3.05, 3.63) is 94.5 Å². The first kappa shape index (κ1) is 30.6. The fourth-order valence-electron chi connectivity index (χ4n) is 6.06. The number of ether oxygens (including phenoxy) is 1. The van der Waals surface area contributed by atoms with Gasteiger partial charge in [-0.1, -0.05) is 53.6 Å². The molecular formula is C34H39ClN4O4. The predicted molar refractivity (Wildman–Crippen MR) is 168 cm³/mol. The summed E-state index contributed by atoms with van der Waals surface area (Å²) in [5.74, 6) is 0.458. The minimum atomic E-state index is -0.238. The van der Waals surface area contributed by atoms with Crippen LogP contribution in [0.4, 0.5) is 10.5 Å². The number of imide groups is 1. The molecule has 1 N–H and O–H groups in total. The molecule has 2 unspecified atom stereocenters. The van der Waals surface area contributed by atoms with Crippen LogP contribution < -0.4 is 10.1 Å². The molecule has 3 aromatic rings. The largest absolute Gasteiger partial charge is 0.484 e. The Bertz CT molecular complexity index is 1430. The molecule has 8 nitrogen and oxygen atoms in total.